The number of nitrogens with zero attached hydrogens (tertiary/aromatic N) is 3. The van der Waals surface area contributed by atoms with Crippen LogP contribution in [0.25, 0.3) is 0 Å². The third-order valence-electron chi connectivity index (χ3n) is 4.99. The SMILES string of the molecule is CN=C(NCCCS(=O)(=O)Cc1ccccc1)N1CCN(C(C)C(F)(F)F)CC1.I. The smallest absolute Gasteiger partial charge is 0.356 e. The monoisotopic (exact) mass is 562 g/mol. The van der Waals surface area contributed by atoms with Crippen LogP contribution in [0.2, 0.25) is 0 Å². The van der Waals surface area contributed by atoms with Crippen molar-refractivity contribution in [3.05, 3.63) is 35.9 Å². The van der Waals surface area contributed by atoms with Crippen molar-refractivity contribution in [2.24, 2.45) is 4.99 Å². The van der Waals surface area contributed by atoms with Gasteiger partial charge in [0.25, 0.3) is 0 Å². The predicted octanol–water partition coefficient (Wildman–Crippen LogP) is 2.75. The fourth-order valence-corrected chi connectivity index (χ4v) is 4.68. The molecule has 0 aliphatic carbocycles. The molecule has 30 heavy (non-hydrogen) atoms. The molecule has 1 N–H and O–H groups in total. The number of alkyl halides is 3. The Labute approximate surface area is 193 Å². The molecule has 0 radical (unpaired) electrons. The number of aliphatic imine (C=N–C) groups is 1. The molecule has 1 atom stereocenters. The highest BCUT2D eigenvalue weighted by Gasteiger charge is 2.41. The Morgan fingerprint density at radius 1 is 1.17 bits per heavy atom. The van der Waals surface area contributed by atoms with Crippen LogP contribution in [0.15, 0.2) is 35.3 Å². The molecule has 0 spiro atoms. The molecule has 0 bridgehead atoms. The minimum Gasteiger partial charge on any atom is -0.356 e. The van der Waals surface area contributed by atoms with Gasteiger partial charge in [0.1, 0.15) is 6.04 Å². The predicted molar refractivity (Wildman–Crippen MR) is 124 cm³/mol. The minimum absolute atomic E-state index is 0. The molecule has 0 aromatic heterocycles. The second-order valence-electron chi connectivity index (χ2n) is 7.15. The lowest BCUT2D eigenvalue weighted by atomic mass is 10.2. The molecule has 1 unspecified atom stereocenters. The Hall–Kier alpha value is -1.08. The maximum Gasteiger partial charge on any atom is 0.403 e. The van der Waals surface area contributed by atoms with E-state index in [4.69, 9.17) is 0 Å². The summed E-state index contributed by atoms with van der Waals surface area (Å²) in [5, 5.41) is 3.12. The van der Waals surface area contributed by atoms with E-state index in [0.717, 1.165) is 5.56 Å². The van der Waals surface area contributed by atoms with Crippen molar-refractivity contribution < 1.29 is 21.6 Å². The van der Waals surface area contributed by atoms with Crippen molar-refractivity contribution in [2.45, 2.75) is 31.3 Å². The summed E-state index contributed by atoms with van der Waals surface area (Å²) in [6, 6.07) is 7.58. The molecule has 0 amide bonds. The second kappa shape index (κ2) is 12.1. The Morgan fingerprint density at radius 3 is 2.30 bits per heavy atom. The number of nitrogens with one attached hydrogen (secondary N) is 1. The molecule has 11 heteroatoms. The lowest BCUT2D eigenvalue weighted by Crippen LogP contribution is -2.56. The molecule has 1 aliphatic rings. The summed E-state index contributed by atoms with van der Waals surface area (Å²) in [5.41, 5.74) is 0.766. The van der Waals surface area contributed by atoms with Gasteiger partial charge in [-0.1, -0.05) is 30.3 Å². The van der Waals surface area contributed by atoms with Crippen molar-refractivity contribution >= 4 is 39.8 Å². The Bertz CT molecular complexity index is 768. The number of rotatable bonds is 7. The van der Waals surface area contributed by atoms with Gasteiger partial charge < -0.3 is 10.2 Å². The van der Waals surface area contributed by atoms with Gasteiger partial charge in [-0.15, -0.1) is 24.0 Å². The quantitative estimate of drug-likeness (QED) is 0.240. The first-order valence-electron chi connectivity index (χ1n) is 9.63. The van der Waals surface area contributed by atoms with Crippen LogP contribution in [0.4, 0.5) is 13.2 Å². The van der Waals surface area contributed by atoms with Gasteiger partial charge >= 0.3 is 6.18 Å². The van der Waals surface area contributed by atoms with E-state index < -0.39 is 22.1 Å². The number of hydrogen-bond acceptors (Lipinski definition) is 4. The Kier molecular flexibility index (Phi) is 10.9. The maximum atomic E-state index is 12.9. The highest BCUT2D eigenvalue weighted by atomic mass is 127. The van der Waals surface area contributed by atoms with Crippen LogP contribution >= 0.6 is 24.0 Å². The highest BCUT2D eigenvalue weighted by Crippen LogP contribution is 2.25. The number of piperazine rings is 1. The summed E-state index contributed by atoms with van der Waals surface area (Å²) < 4.78 is 63.0. The topological polar surface area (TPSA) is 65.0 Å². The zero-order valence-corrected chi connectivity index (χ0v) is 20.4. The molecule has 1 saturated heterocycles. The zero-order chi connectivity index (χ0) is 21.5. The van der Waals surface area contributed by atoms with E-state index >= 15 is 0 Å². The van der Waals surface area contributed by atoms with E-state index in [2.05, 4.69) is 10.3 Å². The maximum absolute atomic E-state index is 12.9. The first-order valence-corrected chi connectivity index (χ1v) is 11.5. The van der Waals surface area contributed by atoms with Gasteiger partial charge in [0.05, 0.1) is 11.5 Å². The van der Waals surface area contributed by atoms with E-state index in [1.807, 2.05) is 23.1 Å². The van der Waals surface area contributed by atoms with Gasteiger partial charge in [0, 0.05) is 39.8 Å². The molecule has 172 valence electrons. The van der Waals surface area contributed by atoms with Crippen LogP contribution < -0.4 is 5.32 Å². The van der Waals surface area contributed by atoms with Crippen LogP contribution in [0.1, 0.15) is 18.9 Å². The number of hydrogen-bond donors (Lipinski definition) is 1. The van der Waals surface area contributed by atoms with Gasteiger partial charge in [-0.2, -0.15) is 13.2 Å². The molecule has 1 aromatic carbocycles. The first-order chi connectivity index (χ1) is 13.6. The average Bonchev–Trinajstić information content (AvgIpc) is 2.67. The molecule has 1 aliphatic heterocycles. The largest absolute Gasteiger partial charge is 0.403 e. The van der Waals surface area contributed by atoms with Crippen molar-refractivity contribution in [3.63, 3.8) is 0 Å². The molecule has 1 heterocycles. The van der Waals surface area contributed by atoms with Gasteiger partial charge in [-0.25, -0.2) is 8.42 Å². The van der Waals surface area contributed by atoms with Gasteiger partial charge in [-0.3, -0.25) is 9.89 Å². The molecule has 0 saturated carbocycles. The fourth-order valence-electron chi connectivity index (χ4n) is 3.25. The van der Waals surface area contributed by atoms with E-state index in [1.165, 1.54) is 11.8 Å². The molecule has 2 rings (SSSR count). The van der Waals surface area contributed by atoms with Gasteiger partial charge in [-0.05, 0) is 18.9 Å². The van der Waals surface area contributed by atoms with Crippen molar-refractivity contribution in [2.75, 3.05) is 45.5 Å². The molecule has 1 aromatic rings. The van der Waals surface area contributed by atoms with Crippen molar-refractivity contribution in [1.29, 1.82) is 0 Å². The van der Waals surface area contributed by atoms with Crippen molar-refractivity contribution in [1.82, 2.24) is 15.1 Å². The Morgan fingerprint density at radius 2 is 1.77 bits per heavy atom. The third-order valence-corrected chi connectivity index (χ3v) is 6.68. The van der Waals surface area contributed by atoms with E-state index in [-0.39, 0.29) is 35.5 Å². The fraction of sp³-hybridized carbons (Fsp3) is 0.632. The summed E-state index contributed by atoms with van der Waals surface area (Å²) in [4.78, 5) is 7.49. The first kappa shape index (κ1) is 27.0. The van der Waals surface area contributed by atoms with Crippen LogP contribution in [-0.4, -0.2) is 81.9 Å². The normalized spacial score (nSPS) is 17.4. The summed E-state index contributed by atoms with van der Waals surface area (Å²) in [7, 11) is -1.59. The van der Waals surface area contributed by atoms with Crippen molar-refractivity contribution in [3.8, 4) is 0 Å². The lowest BCUT2D eigenvalue weighted by Gasteiger charge is -2.39. The minimum atomic E-state index is -4.23. The number of sulfone groups is 1. The molecule has 1 fully saturated rings. The number of guanidine groups is 1. The Balaban J connectivity index is 0.00000450. The van der Waals surface area contributed by atoms with Gasteiger partial charge in [0.2, 0.25) is 0 Å². The lowest BCUT2D eigenvalue weighted by molar-refractivity contribution is -0.181. The van der Waals surface area contributed by atoms with E-state index in [0.29, 0.717) is 45.1 Å². The summed E-state index contributed by atoms with van der Waals surface area (Å²) in [6.07, 6.45) is -3.80. The second-order valence-corrected chi connectivity index (χ2v) is 9.33. The summed E-state index contributed by atoms with van der Waals surface area (Å²) in [6.45, 7) is 3.08. The van der Waals surface area contributed by atoms with Crippen LogP contribution in [0.5, 0.6) is 0 Å². The summed E-state index contributed by atoms with van der Waals surface area (Å²) >= 11 is 0. The van der Waals surface area contributed by atoms with Crippen LogP contribution in [0, 0.1) is 0 Å². The number of halogens is 4. The molecular weight excluding hydrogens is 532 g/mol. The van der Waals surface area contributed by atoms with Crippen LogP contribution in [-0.2, 0) is 15.6 Å². The molecule has 6 nitrogen and oxygen atoms in total. The van der Waals surface area contributed by atoms with Gasteiger partial charge in [0.15, 0.2) is 15.8 Å². The zero-order valence-electron chi connectivity index (χ0n) is 17.2. The number of benzene rings is 1. The molecular formula is C19H30F3IN4O2S. The summed E-state index contributed by atoms with van der Waals surface area (Å²) in [5.74, 6) is 0.662. The van der Waals surface area contributed by atoms with Crippen LogP contribution in [0.3, 0.4) is 0 Å². The highest BCUT2D eigenvalue weighted by molar-refractivity contribution is 14.0. The van der Waals surface area contributed by atoms with E-state index in [1.54, 1.807) is 19.2 Å². The average molecular weight is 562 g/mol. The standard InChI is InChI=1S/C19H29F3N4O2S.HI/c1-16(19(20,21)22)25-10-12-26(13-11-25)18(23-2)24-9-6-14-29(27,28)15-17-7-4-3-5-8-17;/h3-5,7-8,16H,6,9-15H2,1-2H3,(H,23,24);1H. The third kappa shape index (κ3) is 8.58. The van der Waals surface area contributed by atoms with E-state index in [9.17, 15) is 21.6 Å².